The van der Waals surface area contributed by atoms with E-state index in [4.69, 9.17) is 15.2 Å². The third-order valence-corrected chi connectivity index (χ3v) is 5.61. The van der Waals surface area contributed by atoms with E-state index in [2.05, 4.69) is 6.07 Å². The molecule has 0 fully saturated rings. The highest BCUT2D eigenvalue weighted by Gasteiger charge is 2.39. The number of rotatable bonds is 2. The van der Waals surface area contributed by atoms with Crippen LogP contribution in [0.4, 0.5) is 13.6 Å². The van der Waals surface area contributed by atoms with E-state index in [-0.39, 0.29) is 30.4 Å². The predicted octanol–water partition coefficient (Wildman–Crippen LogP) is 5.36. The standard InChI is InChI=1S/C27H25F2N3O3/c1-27(2,3)35-26(33)32-14-18(12-16-4-8-19(28)9-5-16)24-22(15-32)23(21(13-30)25(31)34-24)17-6-10-20(29)11-7-17/h4-12,23H,14-15,31H2,1-3H3. The maximum Gasteiger partial charge on any atom is 0.410 e. The maximum atomic E-state index is 13.7. The van der Waals surface area contributed by atoms with Gasteiger partial charge in [-0.05, 0) is 62.2 Å². The molecule has 0 bridgehead atoms. The number of hydrogen-bond acceptors (Lipinski definition) is 5. The molecule has 2 aromatic rings. The Morgan fingerprint density at radius 1 is 1.11 bits per heavy atom. The molecule has 1 atom stereocenters. The number of nitrogens with zero attached hydrogens (tertiary/aromatic N) is 2. The van der Waals surface area contributed by atoms with Crippen LogP contribution in [0.1, 0.15) is 37.8 Å². The minimum absolute atomic E-state index is 0.0590. The molecule has 6 nitrogen and oxygen atoms in total. The SMILES string of the molecule is CC(C)(C)OC(=O)N1CC(=Cc2ccc(F)cc2)C2=C(C1)C(c1ccc(F)cc1)C(C#N)=C(N)O2. The van der Waals surface area contributed by atoms with E-state index in [0.717, 1.165) is 0 Å². The number of benzene rings is 2. The molecule has 1 amide bonds. The molecule has 4 rings (SSSR count). The predicted molar refractivity (Wildman–Crippen MR) is 126 cm³/mol. The molecule has 180 valence electrons. The average molecular weight is 478 g/mol. The molecule has 1 unspecified atom stereocenters. The lowest BCUT2D eigenvalue weighted by atomic mass is 9.80. The molecule has 0 saturated heterocycles. The summed E-state index contributed by atoms with van der Waals surface area (Å²) in [5, 5.41) is 9.87. The monoisotopic (exact) mass is 477 g/mol. The van der Waals surface area contributed by atoms with Crippen molar-refractivity contribution in [1.29, 1.82) is 5.26 Å². The molecule has 0 saturated carbocycles. The first kappa shape index (κ1) is 24.0. The second kappa shape index (κ2) is 9.26. The number of nitriles is 1. The number of hydrogen-bond donors (Lipinski definition) is 1. The van der Waals surface area contributed by atoms with Gasteiger partial charge >= 0.3 is 6.09 Å². The number of carbonyl (C=O) groups is 1. The fourth-order valence-electron chi connectivity index (χ4n) is 4.12. The van der Waals surface area contributed by atoms with Gasteiger partial charge < -0.3 is 15.2 Å². The fraction of sp³-hybridized carbons (Fsp3) is 0.259. The van der Waals surface area contributed by atoms with Gasteiger partial charge in [-0.2, -0.15) is 5.26 Å². The average Bonchev–Trinajstić information content (AvgIpc) is 2.79. The second-order valence-electron chi connectivity index (χ2n) is 9.39. The van der Waals surface area contributed by atoms with Crippen LogP contribution in [0.2, 0.25) is 0 Å². The zero-order valence-electron chi connectivity index (χ0n) is 19.6. The van der Waals surface area contributed by atoms with Crippen molar-refractivity contribution < 1.29 is 23.0 Å². The lowest BCUT2D eigenvalue weighted by Crippen LogP contribution is -2.43. The van der Waals surface area contributed by atoms with E-state index in [1.54, 1.807) is 51.1 Å². The first-order valence-electron chi connectivity index (χ1n) is 11.1. The smallest absolute Gasteiger partial charge is 0.410 e. The Bertz CT molecular complexity index is 1280. The Morgan fingerprint density at radius 3 is 2.29 bits per heavy atom. The molecule has 2 N–H and O–H groups in total. The van der Waals surface area contributed by atoms with Crippen molar-refractivity contribution in [1.82, 2.24) is 4.90 Å². The number of halogens is 2. The van der Waals surface area contributed by atoms with Crippen molar-refractivity contribution in [3.8, 4) is 6.07 Å². The fourth-order valence-corrected chi connectivity index (χ4v) is 4.12. The van der Waals surface area contributed by atoms with Crippen LogP contribution in [0.15, 0.2) is 76.9 Å². The molecular weight excluding hydrogens is 452 g/mol. The van der Waals surface area contributed by atoms with Crippen LogP contribution >= 0.6 is 0 Å². The zero-order chi connectivity index (χ0) is 25.3. The molecule has 2 aliphatic heterocycles. The largest absolute Gasteiger partial charge is 0.444 e. The van der Waals surface area contributed by atoms with E-state index in [9.17, 15) is 18.8 Å². The van der Waals surface area contributed by atoms with Crippen molar-refractivity contribution in [3.05, 3.63) is 99.7 Å². The second-order valence-corrected chi connectivity index (χ2v) is 9.39. The highest BCUT2D eigenvalue weighted by Crippen LogP contribution is 2.44. The summed E-state index contributed by atoms with van der Waals surface area (Å²) in [4.78, 5) is 14.6. The summed E-state index contributed by atoms with van der Waals surface area (Å²) in [5.74, 6) is -1.06. The van der Waals surface area contributed by atoms with Crippen LogP contribution in [0.5, 0.6) is 0 Å². The van der Waals surface area contributed by atoms with E-state index < -0.39 is 23.4 Å². The number of ether oxygens (including phenoxy) is 2. The van der Waals surface area contributed by atoms with Crippen LogP contribution in [-0.2, 0) is 9.47 Å². The summed E-state index contributed by atoms with van der Waals surface area (Å²) in [6.45, 7) is 5.59. The van der Waals surface area contributed by atoms with E-state index in [1.807, 2.05) is 0 Å². The molecule has 2 heterocycles. The van der Waals surface area contributed by atoms with Crippen LogP contribution in [-0.4, -0.2) is 29.7 Å². The van der Waals surface area contributed by atoms with Gasteiger partial charge in [-0.25, -0.2) is 13.6 Å². The minimum atomic E-state index is -0.714. The zero-order valence-corrected chi connectivity index (χ0v) is 19.6. The summed E-state index contributed by atoms with van der Waals surface area (Å²) in [5.41, 5.74) is 8.16. The highest BCUT2D eigenvalue weighted by atomic mass is 19.1. The molecule has 0 spiro atoms. The molecule has 0 aliphatic carbocycles. The Labute approximate surface area is 202 Å². The van der Waals surface area contributed by atoms with Gasteiger partial charge in [-0.1, -0.05) is 24.3 Å². The van der Waals surface area contributed by atoms with Crippen LogP contribution in [0, 0.1) is 23.0 Å². The molecule has 8 heteroatoms. The van der Waals surface area contributed by atoms with Gasteiger partial charge in [0.05, 0.1) is 19.0 Å². The summed E-state index contributed by atoms with van der Waals surface area (Å²) < 4.78 is 38.6. The molecule has 0 radical (unpaired) electrons. The van der Waals surface area contributed by atoms with E-state index in [1.165, 1.54) is 29.2 Å². The van der Waals surface area contributed by atoms with Crippen molar-refractivity contribution in [3.63, 3.8) is 0 Å². The van der Waals surface area contributed by atoms with Crippen molar-refractivity contribution in [2.75, 3.05) is 13.1 Å². The van der Waals surface area contributed by atoms with E-state index >= 15 is 0 Å². The Morgan fingerprint density at radius 2 is 1.71 bits per heavy atom. The number of allylic oxidation sites excluding steroid dienone is 1. The Kier molecular flexibility index (Phi) is 6.35. The van der Waals surface area contributed by atoms with Crippen LogP contribution in [0.25, 0.3) is 6.08 Å². The van der Waals surface area contributed by atoms with Gasteiger partial charge in [0, 0.05) is 11.1 Å². The third kappa shape index (κ3) is 5.19. The summed E-state index contributed by atoms with van der Waals surface area (Å²) in [6, 6.07) is 13.8. The van der Waals surface area contributed by atoms with Gasteiger partial charge in [-0.15, -0.1) is 0 Å². The van der Waals surface area contributed by atoms with Gasteiger partial charge in [0.1, 0.15) is 34.6 Å². The van der Waals surface area contributed by atoms with Gasteiger partial charge in [-0.3, -0.25) is 4.90 Å². The van der Waals surface area contributed by atoms with Crippen LogP contribution in [0.3, 0.4) is 0 Å². The first-order chi connectivity index (χ1) is 16.6. The Hall–Kier alpha value is -4.12. The molecule has 2 aliphatic rings. The normalized spacial score (nSPS) is 19.3. The van der Waals surface area contributed by atoms with Crippen molar-refractivity contribution >= 4 is 12.2 Å². The maximum absolute atomic E-state index is 13.7. The minimum Gasteiger partial charge on any atom is -0.444 e. The van der Waals surface area contributed by atoms with Gasteiger partial charge in [0.15, 0.2) is 0 Å². The van der Waals surface area contributed by atoms with Crippen molar-refractivity contribution in [2.24, 2.45) is 5.73 Å². The Balaban J connectivity index is 1.86. The van der Waals surface area contributed by atoms with Crippen LogP contribution < -0.4 is 5.73 Å². The number of nitrogens with two attached hydrogens (primary N) is 1. The lowest BCUT2D eigenvalue weighted by Gasteiger charge is -2.38. The topological polar surface area (TPSA) is 88.6 Å². The van der Waals surface area contributed by atoms with Gasteiger partial charge in [0.25, 0.3) is 0 Å². The number of carbonyl (C=O) groups excluding carboxylic acids is 1. The molecule has 35 heavy (non-hydrogen) atoms. The van der Waals surface area contributed by atoms with Gasteiger partial charge in [0.2, 0.25) is 5.88 Å². The lowest BCUT2D eigenvalue weighted by molar-refractivity contribution is 0.0267. The third-order valence-electron chi connectivity index (χ3n) is 5.61. The highest BCUT2D eigenvalue weighted by molar-refractivity contribution is 5.73. The quantitative estimate of drug-likeness (QED) is 0.629. The summed E-state index contributed by atoms with van der Waals surface area (Å²) in [7, 11) is 0. The summed E-state index contributed by atoms with van der Waals surface area (Å²) >= 11 is 0. The summed E-state index contributed by atoms with van der Waals surface area (Å²) in [6.07, 6.45) is 1.24. The first-order valence-corrected chi connectivity index (χ1v) is 11.1. The van der Waals surface area contributed by atoms with E-state index in [0.29, 0.717) is 28.0 Å². The number of amides is 1. The molecule has 2 aromatic carbocycles. The van der Waals surface area contributed by atoms with Crippen molar-refractivity contribution in [2.45, 2.75) is 32.3 Å². The molecular formula is C27H25F2N3O3. The molecule has 0 aromatic heterocycles.